The Morgan fingerprint density at radius 2 is 1.65 bits per heavy atom. The van der Waals surface area contributed by atoms with Crippen LogP contribution in [0.25, 0.3) is 0 Å². The van der Waals surface area contributed by atoms with Crippen LogP contribution < -0.4 is 5.32 Å². The molecule has 1 atom stereocenters. The Morgan fingerprint density at radius 1 is 1.08 bits per heavy atom. The first-order valence-corrected chi connectivity index (χ1v) is 10.3. The largest absolute Gasteiger partial charge is 0.349 e. The summed E-state index contributed by atoms with van der Waals surface area (Å²) in [7, 11) is -3.57. The third kappa shape index (κ3) is 5.54. The highest BCUT2D eigenvalue weighted by Gasteiger charge is 2.21. The van der Waals surface area contributed by atoms with Gasteiger partial charge in [0.25, 0.3) is 0 Å². The van der Waals surface area contributed by atoms with Gasteiger partial charge in [0, 0.05) is 11.4 Å². The molecule has 0 aliphatic heterocycles. The zero-order chi connectivity index (χ0) is 19.3. The average Bonchev–Trinajstić information content (AvgIpc) is 2.59. The summed E-state index contributed by atoms with van der Waals surface area (Å²) in [5.41, 5.74) is 0.773. The van der Waals surface area contributed by atoms with E-state index in [1.165, 1.54) is 36.4 Å². The fourth-order valence-electron chi connectivity index (χ4n) is 2.54. The first kappa shape index (κ1) is 20.4. The zero-order valence-electron chi connectivity index (χ0n) is 14.6. The molecule has 7 heteroatoms. The molecule has 0 heterocycles. The van der Waals surface area contributed by atoms with Crippen LogP contribution in [0.3, 0.4) is 0 Å². The number of carbonyl (C=O) groups is 1. The van der Waals surface area contributed by atoms with Crippen LogP contribution in [-0.4, -0.2) is 20.1 Å². The standard InChI is InChI=1S/C19H21ClFNO3S/c1-13(2)19(14-3-7-16(21)8-4-14)22-18(23)11-12-26(24,25)17-9-5-15(20)6-10-17/h3-10,13,19H,11-12H2,1-2H3,(H,22,23). The van der Waals surface area contributed by atoms with Crippen molar-refractivity contribution in [2.24, 2.45) is 5.92 Å². The van der Waals surface area contributed by atoms with Gasteiger partial charge in [0.05, 0.1) is 16.7 Å². The van der Waals surface area contributed by atoms with E-state index < -0.39 is 9.84 Å². The first-order valence-electron chi connectivity index (χ1n) is 8.22. The van der Waals surface area contributed by atoms with Crippen LogP contribution in [0.5, 0.6) is 0 Å². The molecular weight excluding hydrogens is 377 g/mol. The molecule has 0 saturated heterocycles. The summed E-state index contributed by atoms with van der Waals surface area (Å²) in [6.07, 6.45) is -0.157. The minimum absolute atomic E-state index is 0.0669. The van der Waals surface area contributed by atoms with Gasteiger partial charge in [-0.2, -0.15) is 0 Å². The molecule has 2 aromatic rings. The Labute approximate surface area is 158 Å². The predicted molar refractivity (Wildman–Crippen MR) is 100 cm³/mol. The van der Waals surface area contributed by atoms with Gasteiger partial charge < -0.3 is 5.32 Å². The second-order valence-corrected chi connectivity index (χ2v) is 8.91. The molecule has 1 amide bonds. The van der Waals surface area contributed by atoms with E-state index in [-0.39, 0.29) is 40.8 Å². The molecule has 4 nitrogen and oxygen atoms in total. The highest BCUT2D eigenvalue weighted by molar-refractivity contribution is 7.91. The lowest BCUT2D eigenvalue weighted by molar-refractivity contribution is -0.121. The van der Waals surface area contributed by atoms with Crippen molar-refractivity contribution in [3.63, 3.8) is 0 Å². The zero-order valence-corrected chi connectivity index (χ0v) is 16.1. The summed E-state index contributed by atoms with van der Waals surface area (Å²) >= 11 is 5.76. The lowest BCUT2D eigenvalue weighted by Gasteiger charge is -2.23. The van der Waals surface area contributed by atoms with Crippen molar-refractivity contribution in [2.45, 2.75) is 31.2 Å². The maximum atomic E-state index is 13.1. The molecule has 26 heavy (non-hydrogen) atoms. The van der Waals surface area contributed by atoms with Gasteiger partial charge in [-0.1, -0.05) is 37.6 Å². The number of rotatable bonds is 7. The third-order valence-electron chi connectivity index (χ3n) is 3.98. The number of carbonyl (C=O) groups excluding carboxylic acids is 1. The lowest BCUT2D eigenvalue weighted by atomic mass is 9.96. The van der Waals surface area contributed by atoms with Crippen molar-refractivity contribution < 1.29 is 17.6 Å². The predicted octanol–water partition coefficient (Wildman–Crippen LogP) is 4.16. The van der Waals surface area contributed by atoms with Crippen molar-refractivity contribution in [1.82, 2.24) is 5.32 Å². The SMILES string of the molecule is CC(C)C(NC(=O)CCS(=O)(=O)c1ccc(Cl)cc1)c1ccc(F)cc1. The first-order chi connectivity index (χ1) is 12.2. The molecule has 1 unspecified atom stereocenters. The number of sulfone groups is 1. The molecule has 0 aromatic heterocycles. The molecule has 2 rings (SSSR count). The normalized spacial score (nSPS) is 12.8. The average molecular weight is 398 g/mol. The fourth-order valence-corrected chi connectivity index (χ4v) is 3.90. The van der Waals surface area contributed by atoms with Gasteiger partial charge in [0.2, 0.25) is 5.91 Å². The van der Waals surface area contributed by atoms with E-state index in [1.54, 1.807) is 12.1 Å². The molecule has 0 bridgehead atoms. The summed E-state index contributed by atoms with van der Waals surface area (Å²) < 4.78 is 37.7. The van der Waals surface area contributed by atoms with Crippen LogP contribution in [-0.2, 0) is 14.6 Å². The number of benzene rings is 2. The van der Waals surface area contributed by atoms with E-state index in [9.17, 15) is 17.6 Å². The molecule has 2 aromatic carbocycles. The van der Waals surface area contributed by atoms with E-state index in [0.29, 0.717) is 5.02 Å². The molecule has 1 N–H and O–H groups in total. The molecule has 0 radical (unpaired) electrons. The summed E-state index contributed by atoms with van der Waals surface area (Å²) in [4.78, 5) is 12.4. The smallest absolute Gasteiger partial charge is 0.221 e. The number of nitrogens with one attached hydrogen (secondary N) is 1. The monoisotopic (exact) mass is 397 g/mol. The van der Waals surface area contributed by atoms with Gasteiger partial charge in [-0.3, -0.25) is 4.79 Å². The van der Waals surface area contributed by atoms with Gasteiger partial charge in [-0.25, -0.2) is 12.8 Å². The molecular formula is C19H21ClFNO3S. The van der Waals surface area contributed by atoms with E-state index in [4.69, 9.17) is 11.6 Å². The number of amides is 1. The van der Waals surface area contributed by atoms with E-state index in [0.717, 1.165) is 5.56 Å². The van der Waals surface area contributed by atoms with Gasteiger partial charge in [-0.05, 0) is 47.9 Å². The Kier molecular flexibility index (Phi) is 6.78. The van der Waals surface area contributed by atoms with E-state index in [2.05, 4.69) is 5.32 Å². The van der Waals surface area contributed by atoms with Gasteiger partial charge in [0.15, 0.2) is 9.84 Å². The van der Waals surface area contributed by atoms with Crippen molar-refractivity contribution in [3.8, 4) is 0 Å². The Morgan fingerprint density at radius 3 is 2.19 bits per heavy atom. The van der Waals surface area contributed by atoms with Crippen LogP contribution in [0.1, 0.15) is 31.9 Å². The summed E-state index contributed by atoms with van der Waals surface area (Å²) in [5, 5.41) is 3.28. The van der Waals surface area contributed by atoms with Crippen LogP contribution >= 0.6 is 11.6 Å². The molecule has 0 aliphatic rings. The molecule has 140 valence electrons. The summed E-state index contributed by atoms with van der Waals surface area (Å²) in [5.74, 6) is -0.950. The molecule has 0 aliphatic carbocycles. The number of hydrogen-bond acceptors (Lipinski definition) is 3. The summed E-state index contributed by atoms with van der Waals surface area (Å²) in [6, 6.07) is 11.4. The van der Waals surface area contributed by atoms with Gasteiger partial charge in [0.1, 0.15) is 5.82 Å². The van der Waals surface area contributed by atoms with Gasteiger partial charge in [-0.15, -0.1) is 0 Å². The molecule has 0 saturated carbocycles. The van der Waals surface area contributed by atoms with Crippen molar-refractivity contribution in [3.05, 3.63) is 64.9 Å². The summed E-state index contributed by atoms with van der Waals surface area (Å²) in [6.45, 7) is 3.86. The van der Waals surface area contributed by atoms with Crippen LogP contribution in [0.4, 0.5) is 4.39 Å². The van der Waals surface area contributed by atoms with Crippen molar-refractivity contribution in [1.29, 1.82) is 0 Å². The highest BCUT2D eigenvalue weighted by Crippen LogP contribution is 2.22. The van der Waals surface area contributed by atoms with E-state index in [1.807, 2.05) is 13.8 Å². The molecule has 0 spiro atoms. The minimum Gasteiger partial charge on any atom is -0.349 e. The van der Waals surface area contributed by atoms with Crippen molar-refractivity contribution >= 4 is 27.3 Å². The van der Waals surface area contributed by atoms with Gasteiger partial charge >= 0.3 is 0 Å². The maximum Gasteiger partial charge on any atom is 0.221 e. The van der Waals surface area contributed by atoms with Crippen LogP contribution in [0.2, 0.25) is 5.02 Å². The minimum atomic E-state index is -3.57. The Hall–Kier alpha value is -1.92. The Bertz CT molecular complexity index is 849. The number of hydrogen-bond donors (Lipinski definition) is 1. The fraction of sp³-hybridized carbons (Fsp3) is 0.316. The highest BCUT2D eigenvalue weighted by atomic mass is 35.5. The third-order valence-corrected chi connectivity index (χ3v) is 5.97. The quantitative estimate of drug-likeness (QED) is 0.763. The second kappa shape index (κ2) is 8.64. The maximum absolute atomic E-state index is 13.1. The van der Waals surface area contributed by atoms with Crippen LogP contribution in [0.15, 0.2) is 53.4 Å². The lowest BCUT2D eigenvalue weighted by Crippen LogP contribution is -2.32. The Balaban J connectivity index is 2.02. The number of halogens is 2. The second-order valence-electron chi connectivity index (χ2n) is 6.36. The van der Waals surface area contributed by atoms with Crippen molar-refractivity contribution in [2.75, 3.05) is 5.75 Å². The van der Waals surface area contributed by atoms with E-state index >= 15 is 0 Å². The van der Waals surface area contributed by atoms with Crippen LogP contribution in [0, 0.1) is 11.7 Å². The molecule has 0 fully saturated rings. The topological polar surface area (TPSA) is 63.2 Å².